The molecule has 0 amide bonds. The Labute approximate surface area is 111 Å². The molecular weight excluding hydrogens is 218 g/mol. The lowest BCUT2D eigenvalue weighted by Gasteiger charge is -2.34. The molecule has 1 N–H and O–H groups in total. The first-order chi connectivity index (χ1) is 8.88. The molecule has 2 unspecified atom stereocenters. The second-order valence-electron chi connectivity index (χ2n) is 6.06. The fourth-order valence-electron chi connectivity index (χ4n) is 3.52. The molecule has 1 aromatic carbocycles. The van der Waals surface area contributed by atoms with E-state index in [0.29, 0.717) is 6.04 Å². The first kappa shape index (κ1) is 12.2. The molecule has 3 rings (SSSR count). The molecule has 1 aromatic rings. The van der Waals surface area contributed by atoms with Crippen molar-refractivity contribution in [1.82, 2.24) is 5.32 Å². The highest BCUT2D eigenvalue weighted by atomic mass is 14.9. The molecule has 98 valence electrons. The first-order valence-corrected chi connectivity index (χ1v) is 7.70. The zero-order valence-corrected chi connectivity index (χ0v) is 11.5. The second kappa shape index (κ2) is 5.44. The molecule has 1 aliphatic carbocycles. The Morgan fingerprint density at radius 3 is 2.56 bits per heavy atom. The molecule has 0 spiro atoms. The maximum atomic E-state index is 3.74. The molecule has 2 aliphatic rings. The third-order valence-electron chi connectivity index (χ3n) is 5.01. The zero-order chi connectivity index (χ0) is 12.4. The predicted molar refractivity (Wildman–Crippen MR) is 76.8 cm³/mol. The van der Waals surface area contributed by atoms with E-state index in [2.05, 4.69) is 36.5 Å². The quantitative estimate of drug-likeness (QED) is 0.829. The van der Waals surface area contributed by atoms with Crippen LogP contribution in [0.2, 0.25) is 0 Å². The molecule has 0 bridgehead atoms. The van der Waals surface area contributed by atoms with Gasteiger partial charge in [0.15, 0.2) is 0 Å². The van der Waals surface area contributed by atoms with Crippen LogP contribution in [0.1, 0.15) is 68.5 Å². The average Bonchev–Trinajstić information content (AvgIpc) is 2.37. The molecule has 1 aliphatic heterocycles. The van der Waals surface area contributed by atoms with E-state index in [-0.39, 0.29) is 0 Å². The van der Waals surface area contributed by atoms with Gasteiger partial charge in [-0.1, -0.05) is 44.0 Å². The van der Waals surface area contributed by atoms with E-state index in [1.165, 1.54) is 45.1 Å². The smallest absolute Gasteiger partial charge is 0.0325 e. The van der Waals surface area contributed by atoms with Gasteiger partial charge in [0.05, 0.1) is 0 Å². The first-order valence-electron chi connectivity index (χ1n) is 7.70. The summed E-state index contributed by atoms with van der Waals surface area (Å²) < 4.78 is 0. The largest absolute Gasteiger partial charge is 0.310 e. The topological polar surface area (TPSA) is 12.0 Å². The predicted octanol–water partition coefficient (Wildman–Crippen LogP) is 4.40. The van der Waals surface area contributed by atoms with E-state index in [4.69, 9.17) is 0 Å². The van der Waals surface area contributed by atoms with Crippen LogP contribution in [-0.2, 0) is 0 Å². The van der Waals surface area contributed by atoms with Crippen molar-refractivity contribution in [2.24, 2.45) is 5.92 Å². The van der Waals surface area contributed by atoms with Crippen LogP contribution in [0.15, 0.2) is 24.3 Å². The number of nitrogens with one attached hydrogen (secondary N) is 1. The number of hydrogen-bond donors (Lipinski definition) is 1. The van der Waals surface area contributed by atoms with E-state index in [9.17, 15) is 0 Å². The minimum Gasteiger partial charge on any atom is -0.310 e. The van der Waals surface area contributed by atoms with Gasteiger partial charge >= 0.3 is 0 Å². The van der Waals surface area contributed by atoms with Crippen molar-refractivity contribution in [2.45, 2.75) is 57.4 Å². The fourth-order valence-corrected chi connectivity index (χ4v) is 3.52. The highest BCUT2D eigenvalue weighted by Crippen LogP contribution is 2.41. The van der Waals surface area contributed by atoms with Crippen LogP contribution in [0.25, 0.3) is 0 Å². The van der Waals surface area contributed by atoms with Crippen molar-refractivity contribution in [1.29, 1.82) is 0 Å². The van der Waals surface area contributed by atoms with Crippen LogP contribution >= 0.6 is 0 Å². The summed E-state index contributed by atoms with van der Waals surface area (Å²) in [7, 11) is 0. The molecule has 18 heavy (non-hydrogen) atoms. The monoisotopic (exact) mass is 243 g/mol. The molecule has 1 heterocycles. The van der Waals surface area contributed by atoms with E-state index in [1.54, 1.807) is 11.1 Å². The summed E-state index contributed by atoms with van der Waals surface area (Å²) in [4.78, 5) is 0. The van der Waals surface area contributed by atoms with Gasteiger partial charge in [-0.25, -0.2) is 0 Å². The van der Waals surface area contributed by atoms with Gasteiger partial charge in [-0.2, -0.15) is 0 Å². The van der Waals surface area contributed by atoms with Crippen LogP contribution in [0.5, 0.6) is 0 Å². The molecule has 2 fully saturated rings. The molecule has 0 aromatic heterocycles. The normalized spacial score (nSPS) is 28.9. The fraction of sp³-hybridized carbons (Fsp3) is 0.647. The van der Waals surface area contributed by atoms with Gasteiger partial charge in [0.25, 0.3) is 0 Å². The van der Waals surface area contributed by atoms with E-state index in [1.807, 2.05) is 0 Å². The highest BCUT2D eigenvalue weighted by Gasteiger charge is 2.27. The van der Waals surface area contributed by atoms with E-state index >= 15 is 0 Å². The maximum Gasteiger partial charge on any atom is 0.0325 e. The van der Waals surface area contributed by atoms with E-state index in [0.717, 1.165) is 11.8 Å². The van der Waals surface area contributed by atoms with Crippen LogP contribution in [0.4, 0.5) is 0 Å². The minimum absolute atomic E-state index is 0.612. The molecule has 1 nitrogen and oxygen atoms in total. The third-order valence-corrected chi connectivity index (χ3v) is 5.01. The van der Waals surface area contributed by atoms with Crippen LogP contribution in [-0.4, -0.2) is 6.54 Å². The minimum atomic E-state index is 0.612. The molecule has 1 saturated carbocycles. The second-order valence-corrected chi connectivity index (χ2v) is 6.06. The van der Waals surface area contributed by atoms with Gasteiger partial charge < -0.3 is 5.32 Å². The van der Waals surface area contributed by atoms with Crippen molar-refractivity contribution in [3.63, 3.8) is 0 Å². The van der Waals surface area contributed by atoms with Crippen LogP contribution in [0, 0.1) is 5.92 Å². The Hall–Kier alpha value is -0.820. The lowest BCUT2D eigenvalue weighted by atomic mass is 9.75. The van der Waals surface area contributed by atoms with Crippen molar-refractivity contribution < 1.29 is 0 Å². The molecule has 0 radical (unpaired) electrons. The van der Waals surface area contributed by atoms with Crippen molar-refractivity contribution in [3.05, 3.63) is 35.4 Å². The van der Waals surface area contributed by atoms with Gasteiger partial charge in [0.1, 0.15) is 0 Å². The summed E-state index contributed by atoms with van der Waals surface area (Å²) >= 11 is 0. The summed E-state index contributed by atoms with van der Waals surface area (Å²) in [5, 5.41) is 3.74. The lowest BCUT2D eigenvalue weighted by molar-refractivity contribution is 0.295. The van der Waals surface area contributed by atoms with Gasteiger partial charge in [0, 0.05) is 6.04 Å². The molecule has 1 heteroatoms. The van der Waals surface area contributed by atoms with Gasteiger partial charge in [-0.05, 0) is 55.2 Å². The van der Waals surface area contributed by atoms with Crippen LogP contribution in [0.3, 0.4) is 0 Å². The van der Waals surface area contributed by atoms with Crippen molar-refractivity contribution >= 4 is 0 Å². The summed E-state index contributed by atoms with van der Waals surface area (Å²) in [6.45, 7) is 3.53. The summed E-state index contributed by atoms with van der Waals surface area (Å²) in [5.41, 5.74) is 3.23. The Balaban J connectivity index is 1.82. The zero-order valence-electron chi connectivity index (χ0n) is 11.5. The average molecular weight is 243 g/mol. The van der Waals surface area contributed by atoms with E-state index < -0.39 is 0 Å². The van der Waals surface area contributed by atoms with Crippen molar-refractivity contribution in [2.75, 3.05) is 6.54 Å². The SMILES string of the molecule is CCC1CCNC(c2ccccc2C2CCC2)C1. The maximum absolute atomic E-state index is 3.74. The summed E-state index contributed by atoms with van der Waals surface area (Å²) in [6.07, 6.45) is 8.26. The Morgan fingerprint density at radius 1 is 1.11 bits per heavy atom. The molecular formula is C17H25N. The summed E-state index contributed by atoms with van der Waals surface area (Å²) in [6, 6.07) is 9.78. The number of benzene rings is 1. The Bertz CT molecular complexity index is 394. The van der Waals surface area contributed by atoms with Gasteiger partial charge in [-0.15, -0.1) is 0 Å². The lowest BCUT2D eigenvalue weighted by Crippen LogP contribution is -2.32. The summed E-state index contributed by atoms with van der Waals surface area (Å²) in [5.74, 6) is 1.77. The Morgan fingerprint density at radius 2 is 1.89 bits per heavy atom. The van der Waals surface area contributed by atoms with Crippen molar-refractivity contribution in [3.8, 4) is 0 Å². The standard InChI is InChI=1S/C17H25N/c1-2-13-10-11-18-17(12-13)16-9-4-3-8-15(16)14-6-5-7-14/h3-4,8-9,13-14,17-18H,2,5-7,10-12H2,1H3. The van der Waals surface area contributed by atoms with Crippen LogP contribution < -0.4 is 5.32 Å². The molecule has 2 atom stereocenters. The number of hydrogen-bond acceptors (Lipinski definition) is 1. The van der Waals surface area contributed by atoms with Gasteiger partial charge in [0.2, 0.25) is 0 Å². The third kappa shape index (κ3) is 2.33. The highest BCUT2D eigenvalue weighted by molar-refractivity contribution is 5.34. The Kier molecular flexibility index (Phi) is 3.69. The number of rotatable bonds is 3. The van der Waals surface area contributed by atoms with Gasteiger partial charge in [-0.3, -0.25) is 0 Å². The molecule has 1 saturated heterocycles. The number of piperidine rings is 1.